The molecule has 2 fully saturated rings. The molecule has 1 atom stereocenters. The molecule has 1 spiro atoms. The van der Waals surface area contributed by atoms with Crippen LogP contribution in [0.3, 0.4) is 0 Å². The fourth-order valence-corrected chi connectivity index (χ4v) is 3.78. The first-order valence-corrected chi connectivity index (χ1v) is 6.52. The molecule has 0 radical (unpaired) electrons. The number of nitrogens with zero attached hydrogens (tertiary/aromatic N) is 2. The third kappa shape index (κ3) is 1.11. The molecule has 1 aromatic heterocycles. The molecule has 0 aliphatic heterocycles. The second kappa shape index (κ2) is 2.95. The molecule has 2 saturated carbocycles. The molecule has 4 rings (SSSR count). The van der Waals surface area contributed by atoms with E-state index in [1.54, 1.807) is 0 Å². The van der Waals surface area contributed by atoms with Crippen LogP contribution in [-0.2, 0) is 5.41 Å². The van der Waals surface area contributed by atoms with Crippen LogP contribution in [0.15, 0.2) is 24.4 Å². The number of hydrogen-bond acceptors (Lipinski definition) is 2. The van der Waals surface area contributed by atoms with Crippen molar-refractivity contribution in [1.82, 2.24) is 10.2 Å². The maximum Gasteiger partial charge on any atom is 0.0834 e. The van der Waals surface area contributed by atoms with Crippen LogP contribution in [0.5, 0.6) is 0 Å². The molecule has 1 unspecified atom stereocenters. The Labute approximate surface area is 106 Å². The Bertz CT molecular complexity index is 670. The molecule has 18 heavy (non-hydrogen) atoms. The maximum absolute atomic E-state index is 9.58. The summed E-state index contributed by atoms with van der Waals surface area (Å²) in [5.41, 5.74) is 2.45. The third-order valence-corrected chi connectivity index (χ3v) is 5.11. The summed E-state index contributed by atoms with van der Waals surface area (Å²) in [7, 11) is 0. The number of H-pyrrole nitrogens is 1. The minimum atomic E-state index is -0.246. The van der Waals surface area contributed by atoms with Crippen molar-refractivity contribution in [3.63, 3.8) is 0 Å². The highest BCUT2D eigenvalue weighted by Crippen LogP contribution is 2.72. The zero-order valence-corrected chi connectivity index (χ0v) is 10.4. The van der Waals surface area contributed by atoms with E-state index in [-0.39, 0.29) is 5.41 Å². The van der Waals surface area contributed by atoms with Gasteiger partial charge in [0.15, 0.2) is 0 Å². The highest BCUT2D eigenvalue weighted by molar-refractivity contribution is 5.79. The predicted molar refractivity (Wildman–Crippen MR) is 68.8 cm³/mol. The smallest absolute Gasteiger partial charge is 0.0834 e. The van der Waals surface area contributed by atoms with Crippen molar-refractivity contribution in [2.24, 2.45) is 11.3 Å². The Morgan fingerprint density at radius 1 is 1.44 bits per heavy atom. The van der Waals surface area contributed by atoms with Crippen LogP contribution in [-0.4, -0.2) is 10.2 Å². The van der Waals surface area contributed by atoms with E-state index in [1.165, 1.54) is 6.42 Å². The first kappa shape index (κ1) is 10.1. The van der Waals surface area contributed by atoms with Crippen molar-refractivity contribution in [2.45, 2.75) is 31.6 Å². The first-order valence-electron chi connectivity index (χ1n) is 6.52. The Balaban J connectivity index is 1.75. The second-order valence-electron chi connectivity index (χ2n) is 6.19. The van der Waals surface area contributed by atoms with Gasteiger partial charge in [-0.3, -0.25) is 5.10 Å². The Morgan fingerprint density at radius 2 is 2.22 bits per heavy atom. The minimum absolute atomic E-state index is 0.246. The van der Waals surface area contributed by atoms with Gasteiger partial charge in [-0.25, -0.2) is 0 Å². The fraction of sp³-hybridized carbons (Fsp3) is 0.467. The lowest BCUT2D eigenvalue weighted by Crippen LogP contribution is -2.42. The Kier molecular flexibility index (Phi) is 1.66. The van der Waals surface area contributed by atoms with Crippen LogP contribution in [0.25, 0.3) is 10.9 Å². The number of fused-ring (bicyclic) bond motifs is 1. The van der Waals surface area contributed by atoms with Gasteiger partial charge in [0.2, 0.25) is 0 Å². The largest absolute Gasteiger partial charge is 0.278 e. The number of aromatic nitrogens is 2. The summed E-state index contributed by atoms with van der Waals surface area (Å²) in [6.07, 6.45) is 5.21. The summed E-state index contributed by atoms with van der Waals surface area (Å²) in [4.78, 5) is 0. The lowest BCUT2D eigenvalue weighted by Gasteiger charge is -2.44. The Morgan fingerprint density at radius 3 is 2.89 bits per heavy atom. The van der Waals surface area contributed by atoms with E-state index in [1.807, 2.05) is 6.20 Å². The van der Waals surface area contributed by atoms with E-state index >= 15 is 0 Å². The normalized spacial score (nSPS) is 37.4. The maximum atomic E-state index is 9.58. The Hall–Kier alpha value is -1.82. The van der Waals surface area contributed by atoms with Crippen LogP contribution >= 0.6 is 0 Å². The molecule has 0 bridgehead atoms. The summed E-state index contributed by atoms with van der Waals surface area (Å²) in [6, 6.07) is 8.83. The van der Waals surface area contributed by atoms with Gasteiger partial charge < -0.3 is 0 Å². The lowest BCUT2D eigenvalue weighted by molar-refractivity contribution is 0.156. The number of benzene rings is 1. The van der Waals surface area contributed by atoms with E-state index in [2.05, 4.69) is 41.4 Å². The molecule has 1 aromatic carbocycles. The van der Waals surface area contributed by atoms with E-state index in [0.717, 1.165) is 35.2 Å². The monoisotopic (exact) mass is 237 g/mol. The quantitative estimate of drug-likeness (QED) is 0.828. The lowest BCUT2D eigenvalue weighted by atomic mass is 9.56. The van der Waals surface area contributed by atoms with E-state index in [9.17, 15) is 5.26 Å². The van der Waals surface area contributed by atoms with E-state index < -0.39 is 0 Å². The minimum Gasteiger partial charge on any atom is -0.278 e. The molecule has 2 aliphatic rings. The summed E-state index contributed by atoms with van der Waals surface area (Å²) in [5, 5.41) is 17.7. The number of hydrogen-bond donors (Lipinski definition) is 1. The fourth-order valence-electron chi connectivity index (χ4n) is 3.78. The summed E-state index contributed by atoms with van der Waals surface area (Å²) >= 11 is 0. The number of aromatic amines is 1. The van der Waals surface area contributed by atoms with E-state index in [0.29, 0.717) is 5.41 Å². The molecule has 2 aromatic rings. The highest BCUT2D eigenvalue weighted by Gasteiger charge is 2.66. The second-order valence-corrected chi connectivity index (χ2v) is 6.19. The van der Waals surface area contributed by atoms with Gasteiger partial charge >= 0.3 is 0 Å². The van der Waals surface area contributed by atoms with Gasteiger partial charge in [0, 0.05) is 5.39 Å². The van der Waals surface area contributed by atoms with E-state index in [4.69, 9.17) is 0 Å². The van der Waals surface area contributed by atoms with Crippen LogP contribution in [0.2, 0.25) is 0 Å². The standard InChI is InChI=1S/C15H15N3/c1-10-5-14(10)7-15(8-14,9-16)12-3-2-11-6-17-18-13(11)4-12/h2-4,6,10H,5,7-8H2,1H3,(H,17,18). The van der Waals surface area contributed by atoms with Crippen LogP contribution in [0.1, 0.15) is 31.7 Å². The van der Waals surface area contributed by atoms with Gasteiger partial charge in [-0.05, 0) is 42.2 Å². The molecule has 90 valence electrons. The van der Waals surface area contributed by atoms with Gasteiger partial charge in [-0.15, -0.1) is 0 Å². The third-order valence-electron chi connectivity index (χ3n) is 5.11. The molecule has 3 nitrogen and oxygen atoms in total. The van der Waals surface area contributed by atoms with Crippen LogP contribution < -0.4 is 0 Å². The first-order chi connectivity index (χ1) is 8.67. The molecule has 1 heterocycles. The van der Waals surface area contributed by atoms with Crippen molar-refractivity contribution in [3.8, 4) is 6.07 Å². The summed E-state index contributed by atoms with van der Waals surface area (Å²) in [6.45, 7) is 2.30. The summed E-state index contributed by atoms with van der Waals surface area (Å²) in [5.74, 6) is 0.815. The molecule has 0 amide bonds. The number of rotatable bonds is 1. The molecule has 0 saturated heterocycles. The average molecular weight is 237 g/mol. The molecular formula is C15H15N3. The SMILES string of the molecule is CC1CC12CC(C#N)(c1ccc3cn[nH]c3c1)C2. The molecular weight excluding hydrogens is 222 g/mol. The molecule has 3 heteroatoms. The van der Waals surface area contributed by atoms with Gasteiger partial charge in [0.1, 0.15) is 0 Å². The van der Waals surface area contributed by atoms with Crippen molar-refractivity contribution in [2.75, 3.05) is 0 Å². The zero-order chi connectivity index (χ0) is 12.4. The van der Waals surface area contributed by atoms with Gasteiger partial charge in [0.05, 0.1) is 23.2 Å². The highest BCUT2D eigenvalue weighted by atomic mass is 15.1. The number of nitriles is 1. The number of nitrogens with one attached hydrogen (secondary N) is 1. The molecule has 2 aliphatic carbocycles. The van der Waals surface area contributed by atoms with Gasteiger partial charge in [0.25, 0.3) is 0 Å². The predicted octanol–water partition coefficient (Wildman–Crippen LogP) is 3.14. The van der Waals surface area contributed by atoms with Crippen molar-refractivity contribution in [3.05, 3.63) is 30.0 Å². The van der Waals surface area contributed by atoms with Gasteiger partial charge in [-0.1, -0.05) is 19.1 Å². The molecule has 1 N–H and O–H groups in total. The average Bonchev–Trinajstić information content (AvgIpc) is 2.80. The van der Waals surface area contributed by atoms with Crippen LogP contribution in [0.4, 0.5) is 0 Å². The van der Waals surface area contributed by atoms with Crippen molar-refractivity contribution < 1.29 is 0 Å². The zero-order valence-electron chi connectivity index (χ0n) is 10.4. The van der Waals surface area contributed by atoms with Gasteiger partial charge in [-0.2, -0.15) is 10.4 Å². The topological polar surface area (TPSA) is 52.5 Å². The summed E-state index contributed by atoms with van der Waals surface area (Å²) < 4.78 is 0. The van der Waals surface area contributed by atoms with Crippen molar-refractivity contribution >= 4 is 10.9 Å². The van der Waals surface area contributed by atoms with Crippen LogP contribution in [0, 0.1) is 22.7 Å². The van der Waals surface area contributed by atoms with Crippen molar-refractivity contribution in [1.29, 1.82) is 5.26 Å².